The first-order chi connectivity index (χ1) is 7.43. The van der Waals surface area contributed by atoms with Crippen LogP contribution < -0.4 is 0 Å². The first kappa shape index (κ1) is 12.7. The second-order valence-corrected chi connectivity index (χ2v) is 3.79. The van der Waals surface area contributed by atoms with Crippen LogP contribution in [0.4, 0.5) is 0 Å². The summed E-state index contributed by atoms with van der Waals surface area (Å²) in [6, 6.07) is 0. The Kier molecular flexibility index (Phi) is 7.52. The molecule has 0 spiro atoms. The van der Waals surface area contributed by atoms with Gasteiger partial charge in [-0.05, 0) is 38.5 Å². The molecule has 1 heterocycles. The molecular weight excluding hydrogens is 192 g/mol. The van der Waals surface area contributed by atoms with Gasteiger partial charge in [-0.25, -0.2) is 0 Å². The molecule has 0 unspecified atom stereocenters. The Morgan fingerprint density at radius 3 is 2.87 bits per heavy atom. The summed E-state index contributed by atoms with van der Waals surface area (Å²) in [5.41, 5.74) is 0. The highest BCUT2D eigenvalue weighted by Gasteiger charge is 2.12. The number of unbranched alkanes of at least 4 members (excludes halogenated alkanes) is 1. The maximum Gasteiger partial charge on any atom is 0.157 e. The third-order valence-electron chi connectivity index (χ3n) is 2.42. The van der Waals surface area contributed by atoms with E-state index in [1.165, 1.54) is 12.8 Å². The van der Waals surface area contributed by atoms with Gasteiger partial charge in [0.05, 0.1) is 6.61 Å². The molecule has 0 aromatic carbocycles. The van der Waals surface area contributed by atoms with Gasteiger partial charge in [-0.2, -0.15) is 0 Å². The van der Waals surface area contributed by atoms with Gasteiger partial charge in [0.2, 0.25) is 0 Å². The molecule has 15 heavy (non-hydrogen) atoms. The highest BCUT2D eigenvalue weighted by molar-refractivity contribution is 4.80. The predicted molar refractivity (Wildman–Crippen MR) is 59.6 cm³/mol. The van der Waals surface area contributed by atoms with E-state index in [1.807, 2.05) is 6.08 Å². The number of allylic oxidation sites excluding steroid dienone is 1. The number of ether oxygens (including phenoxy) is 2. The average molecular weight is 214 g/mol. The Labute approximate surface area is 92.1 Å². The minimum absolute atomic E-state index is 0.0418. The van der Waals surface area contributed by atoms with Crippen LogP contribution in [0.5, 0.6) is 0 Å². The van der Waals surface area contributed by atoms with Crippen molar-refractivity contribution >= 4 is 0 Å². The lowest BCUT2D eigenvalue weighted by atomic mass is 10.2. The van der Waals surface area contributed by atoms with Crippen molar-refractivity contribution in [2.24, 2.45) is 0 Å². The fraction of sp³-hybridized carbons (Fsp3) is 0.833. The maximum atomic E-state index is 8.55. The van der Waals surface area contributed by atoms with Gasteiger partial charge < -0.3 is 14.6 Å². The van der Waals surface area contributed by atoms with Crippen LogP contribution in [-0.4, -0.2) is 31.2 Å². The number of rotatable bonds is 7. The van der Waals surface area contributed by atoms with Crippen molar-refractivity contribution in [3.8, 4) is 0 Å². The van der Waals surface area contributed by atoms with Crippen molar-refractivity contribution in [1.29, 1.82) is 0 Å². The standard InChI is InChI=1S/C12H22O3/c13-9-5-2-1-3-6-10-14-12-8-4-7-11-15-12/h1-2,12-13H,3-11H2/b2-1-/t12-/m1/s1. The molecule has 0 aromatic heterocycles. The molecule has 1 aliphatic heterocycles. The van der Waals surface area contributed by atoms with E-state index in [2.05, 4.69) is 6.08 Å². The molecule has 0 aliphatic carbocycles. The Morgan fingerprint density at radius 1 is 1.27 bits per heavy atom. The van der Waals surface area contributed by atoms with Crippen LogP contribution in [0.2, 0.25) is 0 Å². The van der Waals surface area contributed by atoms with Crippen LogP contribution in [0.15, 0.2) is 12.2 Å². The summed E-state index contributed by atoms with van der Waals surface area (Å²) in [6.45, 7) is 1.86. The second-order valence-electron chi connectivity index (χ2n) is 3.79. The van der Waals surface area contributed by atoms with Crippen molar-refractivity contribution in [2.75, 3.05) is 19.8 Å². The molecule has 0 radical (unpaired) electrons. The fourth-order valence-electron chi connectivity index (χ4n) is 1.57. The molecule has 1 saturated heterocycles. The van der Waals surface area contributed by atoms with Crippen LogP contribution in [0.25, 0.3) is 0 Å². The van der Waals surface area contributed by atoms with Crippen LogP contribution in [0.1, 0.15) is 38.5 Å². The summed E-state index contributed by atoms with van der Waals surface area (Å²) in [6.07, 6.45) is 10.4. The van der Waals surface area contributed by atoms with Crippen molar-refractivity contribution in [1.82, 2.24) is 0 Å². The van der Waals surface area contributed by atoms with Gasteiger partial charge >= 0.3 is 0 Å². The highest BCUT2D eigenvalue weighted by atomic mass is 16.7. The summed E-state index contributed by atoms with van der Waals surface area (Å²) in [5, 5.41) is 8.55. The zero-order valence-corrected chi connectivity index (χ0v) is 9.36. The van der Waals surface area contributed by atoms with Gasteiger partial charge in [-0.3, -0.25) is 0 Å². The lowest BCUT2D eigenvalue weighted by Crippen LogP contribution is -2.22. The highest BCUT2D eigenvalue weighted by Crippen LogP contribution is 2.13. The molecule has 1 rings (SSSR count). The van der Waals surface area contributed by atoms with Gasteiger partial charge in [0.15, 0.2) is 6.29 Å². The van der Waals surface area contributed by atoms with Crippen LogP contribution in [-0.2, 0) is 9.47 Å². The summed E-state index contributed by atoms with van der Waals surface area (Å²) < 4.78 is 11.0. The molecule has 1 aliphatic rings. The maximum absolute atomic E-state index is 8.55. The van der Waals surface area contributed by atoms with Crippen LogP contribution >= 0.6 is 0 Å². The van der Waals surface area contributed by atoms with E-state index in [-0.39, 0.29) is 12.9 Å². The van der Waals surface area contributed by atoms with E-state index >= 15 is 0 Å². The molecule has 1 N–H and O–H groups in total. The lowest BCUT2D eigenvalue weighted by molar-refractivity contribution is -0.162. The third kappa shape index (κ3) is 6.66. The Hall–Kier alpha value is -0.380. The molecule has 0 bridgehead atoms. The summed E-state index contributed by atoms with van der Waals surface area (Å²) in [7, 11) is 0. The van der Waals surface area contributed by atoms with E-state index in [0.717, 1.165) is 38.9 Å². The lowest BCUT2D eigenvalue weighted by Gasteiger charge is -2.22. The Bertz CT molecular complexity index is 162. The first-order valence-electron chi connectivity index (χ1n) is 5.92. The summed E-state index contributed by atoms with van der Waals surface area (Å²) >= 11 is 0. The Balaban J connectivity index is 1.87. The molecule has 1 atom stereocenters. The Morgan fingerprint density at radius 2 is 2.13 bits per heavy atom. The fourth-order valence-corrected chi connectivity index (χ4v) is 1.57. The van der Waals surface area contributed by atoms with Gasteiger partial charge in [0.25, 0.3) is 0 Å². The monoisotopic (exact) mass is 214 g/mol. The first-order valence-corrected chi connectivity index (χ1v) is 5.92. The molecule has 88 valence electrons. The largest absolute Gasteiger partial charge is 0.396 e. The van der Waals surface area contributed by atoms with Crippen molar-refractivity contribution in [2.45, 2.75) is 44.8 Å². The van der Waals surface area contributed by atoms with Gasteiger partial charge in [0.1, 0.15) is 0 Å². The quantitative estimate of drug-likeness (QED) is 0.522. The molecule has 1 fully saturated rings. The molecule has 0 saturated carbocycles. The number of hydrogen-bond donors (Lipinski definition) is 1. The molecule has 0 aromatic rings. The van der Waals surface area contributed by atoms with Crippen molar-refractivity contribution in [3.05, 3.63) is 12.2 Å². The van der Waals surface area contributed by atoms with E-state index in [1.54, 1.807) is 0 Å². The van der Waals surface area contributed by atoms with Gasteiger partial charge in [-0.15, -0.1) is 0 Å². The number of hydrogen-bond acceptors (Lipinski definition) is 3. The summed E-state index contributed by atoms with van der Waals surface area (Å²) in [5.74, 6) is 0. The molecular formula is C12H22O3. The topological polar surface area (TPSA) is 38.7 Å². The predicted octanol–water partition coefficient (Wildman–Crippen LogP) is 2.25. The van der Waals surface area contributed by atoms with E-state index < -0.39 is 0 Å². The summed E-state index contributed by atoms with van der Waals surface area (Å²) in [4.78, 5) is 0. The van der Waals surface area contributed by atoms with Gasteiger partial charge in [-0.1, -0.05) is 12.2 Å². The molecule has 3 heteroatoms. The normalized spacial score (nSPS) is 22.3. The van der Waals surface area contributed by atoms with Crippen molar-refractivity contribution in [3.63, 3.8) is 0 Å². The zero-order chi connectivity index (χ0) is 10.8. The third-order valence-corrected chi connectivity index (χ3v) is 2.42. The van der Waals surface area contributed by atoms with Crippen LogP contribution in [0, 0.1) is 0 Å². The number of aliphatic hydroxyl groups excluding tert-OH is 1. The van der Waals surface area contributed by atoms with Gasteiger partial charge in [0, 0.05) is 13.2 Å². The molecule has 3 nitrogen and oxygen atoms in total. The minimum Gasteiger partial charge on any atom is -0.396 e. The minimum atomic E-state index is 0.0418. The van der Waals surface area contributed by atoms with E-state index in [4.69, 9.17) is 14.6 Å². The average Bonchev–Trinajstić information content (AvgIpc) is 2.29. The second kappa shape index (κ2) is 8.89. The smallest absolute Gasteiger partial charge is 0.157 e. The van der Waals surface area contributed by atoms with E-state index in [0.29, 0.717) is 0 Å². The molecule has 0 amide bonds. The van der Waals surface area contributed by atoms with Crippen LogP contribution in [0.3, 0.4) is 0 Å². The van der Waals surface area contributed by atoms with Crippen molar-refractivity contribution < 1.29 is 14.6 Å². The number of aliphatic hydroxyl groups is 1. The zero-order valence-electron chi connectivity index (χ0n) is 9.36. The SMILES string of the molecule is OCC/C=C\CCCO[C@H]1CCCCO1. The van der Waals surface area contributed by atoms with E-state index in [9.17, 15) is 0 Å².